The van der Waals surface area contributed by atoms with Gasteiger partial charge in [-0.15, -0.1) is 20.4 Å². The Labute approximate surface area is 176 Å². The first kappa shape index (κ1) is 18.8. The highest BCUT2D eigenvalue weighted by molar-refractivity contribution is 6.28. The highest BCUT2D eigenvalue weighted by Gasteiger charge is 2.37. The number of rotatable bonds is 6. The summed E-state index contributed by atoms with van der Waals surface area (Å²) in [6.45, 7) is -0.556. The third kappa shape index (κ3) is 3.36. The molecule has 0 saturated carbocycles. The number of nitrogens with two attached hydrogens (primary N) is 2. The lowest BCUT2D eigenvalue weighted by atomic mass is 9.98. The van der Waals surface area contributed by atoms with Gasteiger partial charge >= 0.3 is 0 Å². The monoisotopic (exact) mass is 436 g/mol. The van der Waals surface area contributed by atoms with Gasteiger partial charge in [0.25, 0.3) is 0 Å². The fourth-order valence-corrected chi connectivity index (χ4v) is 2.89. The number of fused-ring (bicyclic) bond motifs is 2. The SMILES string of the molecule is NC(=O)Cn1nc2c(n1)C(=Nn1cnnc1)c1nn(CC(N)=O)nc1C2=Nn1cnnc1. The molecule has 0 aromatic carbocycles. The molecule has 0 spiro atoms. The van der Waals surface area contributed by atoms with Crippen molar-refractivity contribution in [2.24, 2.45) is 21.7 Å². The van der Waals surface area contributed by atoms with Crippen molar-refractivity contribution in [3.63, 3.8) is 0 Å². The molecule has 4 N–H and O–H groups in total. The molecule has 18 heteroatoms. The topological polar surface area (TPSA) is 234 Å². The van der Waals surface area contributed by atoms with E-state index >= 15 is 0 Å². The zero-order chi connectivity index (χ0) is 22.2. The summed E-state index contributed by atoms with van der Waals surface area (Å²) in [6, 6.07) is 0. The summed E-state index contributed by atoms with van der Waals surface area (Å²) in [5.41, 5.74) is 12.0. The molecule has 160 valence electrons. The Morgan fingerprint density at radius 1 is 0.656 bits per heavy atom. The van der Waals surface area contributed by atoms with Gasteiger partial charge in [0.15, 0.2) is 0 Å². The van der Waals surface area contributed by atoms with Crippen molar-refractivity contribution in [1.29, 1.82) is 0 Å². The van der Waals surface area contributed by atoms with Crippen LogP contribution >= 0.6 is 0 Å². The van der Waals surface area contributed by atoms with E-state index in [9.17, 15) is 9.59 Å². The van der Waals surface area contributed by atoms with E-state index in [1.54, 1.807) is 0 Å². The molecule has 4 heterocycles. The maximum absolute atomic E-state index is 11.4. The van der Waals surface area contributed by atoms with Gasteiger partial charge in [-0.1, -0.05) is 0 Å². The molecule has 1 aliphatic rings. The van der Waals surface area contributed by atoms with Crippen LogP contribution in [0, 0.1) is 0 Å². The quantitative estimate of drug-likeness (QED) is 0.261. The Bertz CT molecular complexity index is 1220. The van der Waals surface area contributed by atoms with E-state index in [-0.39, 0.29) is 47.3 Å². The van der Waals surface area contributed by atoms with Gasteiger partial charge < -0.3 is 11.5 Å². The molecular weight excluding hydrogens is 424 g/mol. The number of nitrogens with zero attached hydrogens (tertiary/aromatic N) is 14. The van der Waals surface area contributed by atoms with Gasteiger partial charge in [0.1, 0.15) is 72.6 Å². The van der Waals surface area contributed by atoms with Crippen LogP contribution in [-0.2, 0) is 22.7 Å². The van der Waals surface area contributed by atoms with Crippen molar-refractivity contribution in [2.75, 3.05) is 0 Å². The standard InChI is InChI=1S/C14H12N16O2/c15-7(31)1-29-23-11-9(21-27-3-17-18-4-27)13-14(26-30(25-13)2-8(16)32)10(12(11)24-29)22-28-5-19-20-6-28/h3-6H,1-2H2,(H2,15,31)(H2,16,32). The molecule has 0 radical (unpaired) electrons. The Kier molecular flexibility index (Phi) is 4.28. The van der Waals surface area contributed by atoms with Gasteiger partial charge in [-0.05, 0) is 0 Å². The second kappa shape index (κ2) is 7.27. The van der Waals surface area contributed by atoms with Gasteiger partial charge in [0.2, 0.25) is 11.8 Å². The zero-order valence-corrected chi connectivity index (χ0v) is 16.0. The van der Waals surface area contributed by atoms with E-state index in [2.05, 4.69) is 51.0 Å². The second-order valence-electron chi connectivity index (χ2n) is 6.37. The smallest absolute Gasteiger partial charge is 0.241 e. The Morgan fingerprint density at radius 3 is 1.25 bits per heavy atom. The van der Waals surface area contributed by atoms with Crippen molar-refractivity contribution in [3.05, 3.63) is 48.1 Å². The van der Waals surface area contributed by atoms with E-state index in [0.717, 1.165) is 9.59 Å². The van der Waals surface area contributed by atoms with E-state index in [1.165, 1.54) is 34.7 Å². The number of hydrogen-bond acceptors (Lipinski definition) is 12. The van der Waals surface area contributed by atoms with Gasteiger partial charge in [0.05, 0.1) is 0 Å². The number of carbonyl (C=O) groups is 2. The fraction of sp³-hybridized carbons (Fsp3) is 0.143. The highest BCUT2D eigenvalue weighted by Crippen LogP contribution is 2.24. The molecule has 0 saturated heterocycles. The van der Waals surface area contributed by atoms with Crippen molar-refractivity contribution in [3.8, 4) is 0 Å². The second-order valence-corrected chi connectivity index (χ2v) is 6.37. The van der Waals surface area contributed by atoms with Gasteiger partial charge in [-0.2, -0.15) is 40.2 Å². The maximum atomic E-state index is 11.4. The minimum atomic E-state index is -0.644. The normalized spacial score (nSPS) is 12.4. The molecule has 0 unspecified atom stereocenters. The van der Waals surface area contributed by atoms with E-state index < -0.39 is 11.8 Å². The minimum absolute atomic E-state index is 0.226. The summed E-state index contributed by atoms with van der Waals surface area (Å²) in [5, 5.41) is 41.1. The summed E-state index contributed by atoms with van der Waals surface area (Å²) >= 11 is 0. The molecule has 0 bridgehead atoms. The summed E-state index contributed by atoms with van der Waals surface area (Å²) in [7, 11) is 0. The van der Waals surface area contributed by atoms with E-state index in [4.69, 9.17) is 11.5 Å². The first-order valence-corrected chi connectivity index (χ1v) is 8.83. The molecule has 5 rings (SSSR count). The van der Waals surface area contributed by atoms with Gasteiger partial charge in [-0.3, -0.25) is 9.59 Å². The highest BCUT2D eigenvalue weighted by atomic mass is 16.1. The molecule has 0 aliphatic heterocycles. The Morgan fingerprint density at radius 2 is 0.969 bits per heavy atom. The number of primary amides is 2. The van der Waals surface area contributed by atoms with Crippen molar-refractivity contribution in [1.82, 2.24) is 59.7 Å². The largest absolute Gasteiger partial charge is 0.368 e. The first-order valence-electron chi connectivity index (χ1n) is 8.83. The van der Waals surface area contributed by atoms with Crippen LogP contribution in [0.3, 0.4) is 0 Å². The number of hydrogen-bond donors (Lipinski definition) is 2. The Balaban J connectivity index is 1.76. The predicted molar refractivity (Wildman–Crippen MR) is 101 cm³/mol. The fourth-order valence-electron chi connectivity index (χ4n) is 2.89. The summed E-state index contributed by atoms with van der Waals surface area (Å²) in [5.74, 6) is -1.29. The molecule has 0 fully saturated rings. The predicted octanol–water partition coefficient (Wildman–Crippen LogP) is -4.06. The van der Waals surface area contributed by atoms with Crippen LogP contribution in [0.1, 0.15) is 22.8 Å². The maximum Gasteiger partial charge on any atom is 0.241 e. The van der Waals surface area contributed by atoms with Crippen LogP contribution in [0.15, 0.2) is 35.5 Å². The zero-order valence-electron chi connectivity index (χ0n) is 16.0. The molecule has 32 heavy (non-hydrogen) atoms. The molecule has 2 amide bonds. The molecule has 4 aromatic rings. The Hall–Kier alpha value is -5.16. The van der Waals surface area contributed by atoms with Crippen LogP contribution in [0.2, 0.25) is 0 Å². The average Bonchev–Trinajstić information content (AvgIpc) is 3.50. The lowest BCUT2D eigenvalue weighted by Gasteiger charge is -2.11. The summed E-state index contributed by atoms with van der Waals surface area (Å²) in [6.07, 6.45) is 5.42. The van der Waals surface area contributed by atoms with Crippen molar-refractivity contribution >= 4 is 23.2 Å². The number of carbonyl (C=O) groups excluding carboxylic acids is 2. The van der Waals surface area contributed by atoms with Gasteiger partial charge in [0, 0.05) is 0 Å². The van der Waals surface area contributed by atoms with Crippen LogP contribution in [0.5, 0.6) is 0 Å². The molecule has 4 aromatic heterocycles. The lowest BCUT2D eigenvalue weighted by Crippen LogP contribution is -2.24. The molecule has 0 atom stereocenters. The number of aromatic nitrogens is 12. The summed E-state index contributed by atoms with van der Waals surface area (Å²) in [4.78, 5) is 25.1. The van der Waals surface area contributed by atoms with Crippen LogP contribution in [0.25, 0.3) is 0 Å². The van der Waals surface area contributed by atoms with Crippen molar-refractivity contribution in [2.45, 2.75) is 13.1 Å². The average molecular weight is 436 g/mol. The first-order chi connectivity index (χ1) is 15.5. The lowest BCUT2D eigenvalue weighted by molar-refractivity contribution is -0.119. The van der Waals surface area contributed by atoms with Crippen molar-refractivity contribution < 1.29 is 9.59 Å². The molecular formula is C14H12N16O2. The molecule has 1 aliphatic carbocycles. The van der Waals surface area contributed by atoms with Crippen LogP contribution < -0.4 is 11.5 Å². The summed E-state index contributed by atoms with van der Waals surface area (Å²) < 4.78 is 2.65. The third-order valence-electron chi connectivity index (χ3n) is 4.05. The van der Waals surface area contributed by atoms with Crippen LogP contribution in [-0.4, -0.2) is 83.0 Å². The third-order valence-corrected chi connectivity index (χ3v) is 4.05. The van der Waals surface area contributed by atoms with E-state index in [1.807, 2.05) is 0 Å². The van der Waals surface area contributed by atoms with Gasteiger partial charge in [-0.25, -0.2) is 9.35 Å². The number of amides is 2. The van der Waals surface area contributed by atoms with Crippen LogP contribution in [0.4, 0.5) is 0 Å². The minimum Gasteiger partial charge on any atom is -0.368 e. The van der Waals surface area contributed by atoms with E-state index in [0.29, 0.717) is 0 Å². The molecule has 18 nitrogen and oxygen atoms in total.